The quantitative estimate of drug-likeness (QED) is 0.460. The standard InChI is InChI=1S/C16H22N2O4/c19-16(17-11-5-1-2-6-12-17)10-7-13-22-15-9-4-3-8-14(15)18(20)21/h3-4,8-9H,1-2,5-7,10-13H2. The Hall–Kier alpha value is -2.11. The van der Waals surface area contributed by atoms with Crippen molar-refractivity contribution in [1.82, 2.24) is 4.90 Å². The highest BCUT2D eigenvalue weighted by Crippen LogP contribution is 2.25. The Bertz CT molecular complexity index is 511. The lowest BCUT2D eigenvalue weighted by Crippen LogP contribution is -2.31. The van der Waals surface area contributed by atoms with Crippen molar-refractivity contribution in [2.24, 2.45) is 0 Å². The summed E-state index contributed by atoms with van der Waals surface area (Å²) in [5.41, 5.74) is -0.0404. The summed E-state index contributed by atoms with van der Waals surface area (Å²) >= 11 is 0. The smallest absolute Gasteiger partial charge is 0.310 e. The van der Waals surface area contributed by atoms with Crippen LogP contribution in [0.25, 0.3) is 0 Å². The first-order valence-corrected chi connectivity index (χ1v) is 7.82. The molecule has 0 bridgehead atoms. The topological polar surface area (TPSA) is 72.7 Å². The molecule has 1 aromatic carbocycles. The number of nitro benzene ring substituents is 1. The van der Waals surface area contributed by atoms with Gasteiger partial charge in [-0.2, -0.15) is 0 Å². The van der Waals surface area contributed by atoms with E-state index < -0.39 is 4.92 Å². The van der Waals surface area contributed by atoms with Crippen molar-refractivity contribution in [2.45, 2.75) is 38.5 Å². The number of amides is 1. The van der Waals surface area contributed by atoms with E-state index in [0.717, 1.165) is 25.9 Å². The number of benzene rings is 1. The van der Waals surface area contributed by atoms with Crippen molar-refractivity contribution in [3.05, 3.63) is 34.4 Å². The highest BCUT2D eigenvalue weighted by molar-refractivity contribution is 5.76. The fraction of sp³-hybridized carbons (Fsp3) is 0.562. The molecule has 22 heavy (non-hydrogen) atoms. The van der Waals surface area contributed by atoms with Crippen LogP contribution < -0.4 is 4.74 Å². The predicted molar refractivity (Wildman–Crippen MR) is 82.9 cm³/mol. The molecule has 0 radical (unpaired) electrons. The summed E-state index contributed by atoms with van der Waals surface area (Å²) in [5.74, 6) is 0.419. The summed E-state index contributed by atoms with van der Waals surface area (Å²) in [7, 11) is 0. The van der Waals surface area contributed by atoms with Crippen LogP contribution in [0.5, 0.6) is 5.75 Å². The number of likely N-dealkylation sites (tertiary alicyclic amines) is 1. The van der Waals surface area contributed by atoms with Gasteiger partial charge in [-0.1, -0.05) is 25.0 Å². The molecule has 1 heterocycles. The summed E-state index contributed by atoms with van der Waals surface area (Å²) in [5, 5.41) is 10.9. The second kappa shape index (κ2) is 8.36. The largest absolute Gasteiger partial charge is 0.487 e. The van der Waals surface area contributed by atoms with Crippen LogP contribution >= 0.6 is 0 Å². The molecule has 0 unspecified atom stereocenters. The van der Waals surface area contributed by atoms with Crippen LogP contribution in [0.2, 0.25) is 0 Å². The third kappa shape index (κ3) is 4.72. The van der Waals surface area contributed by atoms with Gasteiger partial charge in [0, 0.05) is 25.6 Å². The summed E-state index contributed by atoms with van der Waals surface area (Å²) in [4.78, 5) is 24.4. The van der Waals surface area contributed by atoms with E-state index in [1.807, 2.05) is 4.90 Å². The predicted octanol–water partition coefficient (Wildman–Crippen LogP) is 3.16. The number of carbonyl (C=O) groups excluding carboxylic acids is 1. The highest BCUT2D eigenvalue weighted by atomic mass is 16.6. The van der Waals surface area contributed by atoms with E-state index in [2.05, 4.69) is 0 Å². The van der Waals surface area contributed by atoms with E-state index in [9.17, 15) is 14.9 Å². The number of carbonyl (C=O) groups is 1. The second-order valence-electron chi connectivity index (χ2n) is 5.47. The van der Waals surface area contributed by atoms with Gasteiger partial charge in [-0.05, 0) is 25.3 Å². The van der Waals surface area contributed by atoms with Crippen molar-refractivity contribution in [3.8, 4) is 5.75 Å². The van der Waals surface area contributed by atoms with Crippen LogP contribution in [0.4, 0.5) is 5.69 Å². The van der Waals surface area contributed by atoms with Crippen LogP contribution in [0, 0.1) is 10.1 Å². The first kappa shape index (κ1) is 16.3. The molecule has 0 N–H and O–H groups in total. The van der Waals surface area contributed by atoms with Crippen LogP contribution in [-0.2, 0) is 4.79 Å². The molecule has 6 heteroatoms. The van der Waals surface area contributed by atoms with Crippen LogP contribution in [0.1, 0.15) is 38.5 Å². The Kier molecular flexibility index (Phi) is 6.18. The van der Waals surface area contributed by atoms with Crippen molar-refractivity contribution in [2.75, 3.05) is 19.7 Å². The Balaban J connectivity index is 1.75. The lowest BCUT2D eigenvalue weighted by Gasteiger charge is -2.20. The maximum Gasteiger partial charge on any atom is 0.310 e. The van der Waals surface area contributed by atoms with E-state index in [-0.39, 0.29) is 17.3 Å². The molecule has 1 aromatic rings. The van der Waals surface area contributed by atoms with Gasteiger partial charge in [0.1, 0.15) is 0 Å². The zero-order valence-electron chi connectivity index (χ0n) is 12.7. The number of rotatable bonds is 6. The molecule has 0 spiro atoms. The first-order valence-electron chi connectivity index (χ1n) is 7.82. The molecule has 6 nitrogen and oxygen atoms in total. The lowest BCUT2D eigenvalue weighted by molar-refractivity contribution is -0.385. The SMILES string of the molecule is O=C(CCCOc1ccccc1[N+](=O)[O-])N1CCCCCC1. The normalized spacial score (nSPS) is 15.2. The number of hydrogen-bond donors (Lipinski definition) is 0. The number of nitro groups is 1. The average molecular weight is 306 g/mol. The molecule has 0 saturated carbocycles. The van der Waals surface area contributed by atoms with Crippen LogP contribution in [0.15, 0.2) is 24.3 Å². The van der Waals surface area contributed by atoms with Gasteiger partial charge in [0.25, 0.3) is 0 Å². The molecule has 0 aromatic heterocycles. The van der Waals surface area contributed by atoms with Gasteiger partial charge in [0.15, 0.2) is 5.75 Å². The molecule has 1 aliphatic rings. The second-order valence-corrected chi connectivity index (χ2v) is 5.47. The van der Waals surface area contributed by atoms with Gasteiger partial charge in [-0.25, -0.2) is 0 Å². The first-order chi connectivity index (χ1) is 10.7. The van der Waals surface area contributed by atoms with E-state index in [4.69, 9.17) is 4.74 Å². The molecule has 1 aliphatic heterocycles. The van der Waals surface area contributed by atoms with Crippen LogP contribution in [0.3, 0.4) is 0 Å². The van der Waals surface area contributed by atoms with Gasteiger partial charge in [-0.15, -0.1) is 0 Å². The molecule has 1 fully saturated rings. The van der Waals surface area contributed by atoms with E-state index in [1.54, 1.807) is 18.2 Å². The zero-order valence-corrected chi connectivity index (χ0v) is 12.7. The molecular formula is C16H22N2O4. The molecule has 1 amide bonds. The number of nitrogens with zero attached hydrogens (tertiary/aromatic N) is 2. The fourth-order valence-electron chi connectivity index (χ4n) is 2.61. The minimum Gasteiger partial charge on any atom is -0.487 e. The molecule has 2 rings (SSSR count). The number of para-hydroxylation sites is 2. The summed E-state index contributed by atoms with van der Waals surface area (Å²) in [6.07, 6.45) is 5.56. The fourth-order valence-corrected chi connectivity index (χ4v) is 2.61. The average Bonchev–Trinajstić information content (AvgIpc) is 2.81. The number of hydrogen-bond acceptors (Lipinski definition) is 4. The van der Waals surface area contributed by atoms with Crippen molar-refractivity contribution >= 4 is 11.6 Å². The van der Waals surface area contributed by atoms with Crippen molar-refractivity contribution < 1.29 is 14.5 Å². The molecule has 0 atom stereocenters. The highest BCUT2D eigenvalue weighted by Gasteiger charge is 2.16. The minimum atomic E-state index is -0.461. The zero-order chi connectivity index (χ0) is 15.8. The van der Waals surface area contributed by atoms with Gasteiger partial charge in [-0.3, -0.25) is 14.9 Å². The van der Waals surface area contributed by atoms with Gasteiger partial charge in [0.05, 0.1) is 11.5 Å². The third-order valence-corrected chi connectivity index (χ3v) is 3.81. The molecular weight excluding hydrogens is 284 g/mol. The van der Waals surface area contributed by atoms with Crippen LogP contribution in [-0.4, -0.2) is 35.4 Å². The van der Waals surface area contributed by atoms with Gasteiger partial charge >= 0.3 is 5.69 Å². The third-order valence-electron chi connectivity index (χ3n) is 3.81. The Labute approximate surface area is 130 Å². The van der Waals surface area contributed by atoms with E-state index in [0.29, 0.717) is 19.4 Å². The maximum atomic E-state index is 12.1. The van der Waals surface area contributed by atoms with Gasteiger partial charge in [0.2, 0.25) is 5.91 Å². The summed E-state index contributed by atoms with van der Waals surface area (Å²) in [6, 6.07) is 6.30. The monoisotopic (exact) mass is 306 g/mol. The van der Waals surface area contributed by atoms with Crippen molar-refractivity contribution in [3.63, 3.8) is 0 Å². The number of ether oxygens (including phenoxy) is 1. The lowest BCUT2D eigenvalue weighted by atomic mass is 10.2. The Morgan fingerprint density at radius 1 is 1.18 bits per heavy atom. The molecule has 1 saturated heterocycles. The summed E-state index contributed by atoms with van der Waals surface area (Å²) in [6.45, 7) is 2.01. The Morgan fingerprint density at radius 2 is 1.86 bits per heavy atom. The van der Waals surface area contributed by atoms with E-state index >= 15 is 0 Å². The summed E-state index contributed by atoms with van der Waals surface area (Å²) < 4.78 is 5.45. The molecule has 120 valence electrons. The van der Waals surface area contributed by atoms with E-state index in [1.165, 1.54) is 18.9 Å². The minimum absolute atomic E-state index is 0.0404. The maximum absolute atomic E-state index is 12.1. The Morgan fingerprint density at radius 3 is 2.55 bits per heavy atom. The molecule has 0 aliphatic carbocycles. The van der Waals surface area contributed by atoms with Crippen molar-refractivity contribution in [1.29, 1.82) is 0 Å². The van der Waals surface area contributed by atoms with Gasteiger partial charge < -0.3 is 9.64 Å².